The number of aromatic nitrogens is 6. The van der Waals surface area contributed by atoms with E-state index in [2.05, 4.69) is 15.1 Å². The lowest BCUT2D eigenvalue weighted by molar-refractivity contribution is 0.1000. The van der Waals surface area contributed by atoms with Gasteiger partial charge in [-0.1, -0.05) is 29.8 Å². The van der Waals surface area contributed by atoms with Crippen molar-refractivity contribution < 1.29 is 40.2 Å². The Morgan fingerprint density at radius 1 is 0.966 bits per heavy atom. The molecule has 1 unspecified atom stereocenters. The summed E-state index contributed by atoms with van der Waals surface area (Å²) in [5.74, 6) is -1.72. The van der Waals surface area contributed by atoms with Gasteiger partial charge in [0, 0.05) is 37.8 Å². The standard InChI is InChI=1S/C39H31ClF4N8O6S/c1-50-33-30(10-9-27(40)32(33)37(49-50)51(59(55)56)14-12-20-3-6-25(57-2)7-4-20)52-36(31(58-39(45)54)17-21-15-23(41)19-24(42)16-21)48-29-18-22(5-8-26(29)38(52)53)35-46-13-11-28(47-35)34(43)44/h3-11,13,15-16,18-19,31,34,59H,12,14,17H2,1-2H3,(H2,45,54). The molecule has 0 aliphatic heterocycles. The van der Waals surface area contributed by atoms with Crippen molar-refractivity contribution in [3.8, 4) is 22.8 Å². The molecule has 4 aromatic carbocycles. The van der Waals surface area contributed by atoms with E-state index in [9.17, 15) is 35.6 Å². The molecule has 20 heteroatoms. The van der Waals surface area contributed by atoms with Crippen LogP contribution < -0.4 is 20.3 Å². The number of amides is 1. The molecule has 0 saturated heterocycles. The summed E-state index contributed by atoms with van der Waals surface area (Å²) in [4.78, 5) is 40.0. The maximum Gasteiger partial charge on any atom is 0.405 e. The predicted octanol–water partition coefficient (Wildman–Crippen LogP) is 6.56. The van der Waals surface area contributed by atoms with Crippen LogP contribution in [0.25, 0.3) is 38.9 Å². The highest BCUT2D eigenvalue weighted by Crippen LogP contribution is 2.37. The van der Waals surface area contributed by atoms with Crippen LogP contribution in [0.4, 0.5) is 28.2 Å². The van der Waals surface area contributed by atoms with Gasteiger partial charge >= 0.3 is 6.09 Å². The molecule has 1 amide bonds. The number of halogens is 5. The van der Waals surface area contributed by atoms with Gasteiger partial charge in [0.2, 0.25) is 10.9 Å². The molecule has 0 aliphatic rings. The minimum atomic E-state index is -3.29. The first-order valence-corrected chi connectivity index (χ1v) is 19.0. The van der Waals surface area contributed by atoms with E-state index >= 15 is 0 Å². The fraction of sp³-hybridized carbons (Fsp3) is 0.179. The topological polar surface area (TPSA) is 177 Å². The number of hydrogen-bond donors (Lipinski definition) is 2. The minimum absolute atomic E-state index is 0.00330. The highest BCUT2D eigenvalue weighted by atomic mass is 35.5. The van der Waals surface area contributed by atoms with E-state index in [1.54, 1.807) is 24.3 Å². The van der Waals surface area contributed by atoms with E-state index in [1.165, 1.54) is 49.2 Å². The number of primary amides is 1. The van der Waals surface area contributed by atoms with Crippen LogP contribution in [0.5, 0.6) is 5.75 Å². The molecule has 3 heterocycles. The quantitative estimate of drug-likeness (QED) is 0.0954. The Kier molecular flexibility index (Phi) is 11.5. The summed E-state index contributed by atoms with van der Waals surface area (Å²) < 4.78 is 95.7. The van der Waals surface area contributed by atoms with Crippen LogP contribution in [0.1, 0.15) is 35.2 Å². The molecule has 0 bridgehead atoms. The second-order valence-electron chi connectivity index (χ2n) is 13.1. The van der Waals surface area contributed by atoms with Crippen LogP contribution in [-0.4, -0.2) is 57.5 Å². The lowest BCUT2D eigenvalue weighted by Gasteiger charge is -2.22. The molecular weight excluding hydrogens is 820 g/mol. The predicted molar refractivity (Wildman–Crippen MR) is 210 cm³/mol. The van der Waals surface area contributed by atoms with Crippen molar-refractivity contribution in [3.05, 3.63) is 135 Å². The van der Waals surface area contributed by atoms with Crippen LogP contribution in [0.3, 0.4) is 0 Å². The highest BCUT2D eigenvalue weighted by molar-refractivity contribution is 7.74. The van der Waals surface area contributed by atoms with Crippen molar-refractivity contribution in [1.82, 2.24) is 29.3 Å². The molecule has 0 saturated carbocycles. The van der Waals surface area contributed by atoms with Crippen molar-refractivity contribution in [1.29, 1.82) is 0 Å². The number of nitrogens with zero attached hydrogens (tertiary/aromatic N) is 7. The molecule has 1 atom stereocenters. The first-order valence-electron chi connectivity index (χ1n) is 17.5. The molecule has 0 radical (unpaired) electrons. The summed E-state index contributed by atoms with van der Waals surface area (Å²) in [5.41, 5.74) is 5.34. The van der Waals surface area contributed by atoms with Crippen LogP contribution >= 0.6 is 11.6 Å². The van der Waals surface area contributed by atoms with Crippen molar-refractivity contribution >= 4 is 56.2 Å². The maximum atomic E-state index is 14.8. The highest BCUT2D eigenvalue weighted by Gasteiger charge is 2.29. The largest absolute Gasteiger partial charge is 0.497 e. The smallest absolute Gasteiger partial charge is 0.405 e. The van der Waals surface area contributed by atoms with Gasteiger partial charge in [-0.25, -0.2) is 45.7 Å². The molecule has 0 aliphatic carbocycles. The second kappa shape index (κ2) is 16.7. The maximum absolute atomic E-state index is 14.8. The van der Waals surface area contributed by atoms with Crippen LogP contribution in [0.2, 0.25) is 5.02 Å². The number of aryl methyl sites for hydroxylation is 1. The van der Waals surface area contributed by atoms with Crippen molar-refractivity contribution in [3.63, 3.8) is 0 Å². The monoisotopic (exact) mass is 850 g/mol. The zero-order valence-corrected chi connectivity index (χ0v) is 32.5. The van der Waals surface area contributed by atoms with Gasteiger partial charge in [-0.05, 0) is 72.1 Å². The summed E-state index contributed by atoms with van der Waals surface area (Å²) >= 11 is 6.77. The molecule has 14 nitrogen and oxygen atoms in total. The van der Waals surface area contributed by atoms with Crippen LogP contribution in [0, 0.1) is 11.6 Å². The first-order chi connectivity index (χ1) is 28.2. The Morgan fingerprint density at radius 3 is 2.36 bits per heavy atom. The first kappa shape index (κ1) is 40.6. The van der Waals surface area contributed by atoms with Gasteiger partial charge in [0.15, 0.2) is 23.6 Å². The number of rotatable bonds is 13. The van der Waals surface area contributed by atoms with Gasteiger partial charge in [0.05, 0.1) is 39.6 Å². The van der Waals surface area contributed by atoms with Gasteiger partial charge in [-0.2, -0.15) is 5.10 Å². The zero-order chi connectivity index (χ0) is 42.1. The van der Waals surface area contributed by atoms with Gasteiger partial charge in [-0.15, -0.1) is 0 Å². The number of alkyl halides is 2. The number of benzene rings is 4. The molecule has 3 aromatic heterocycles. The van der Waals surface area contributed by atoms with Gasteiger partial charge in [0.25, 0.3) is 12.0 Å². The number of nitrogens with two attached hydrogens (primary N) is 1. The Bertz CT molecular complexity index is 2860. The van der Waals surface area contributed by atoms with E-state index in [-0.39, 0.29) is 74.1 Å². The minimum Gasteiger partial charge on any atom is -0.497 e. The number of carbonyl (C=O) groups is 1. The third-order valence-corrected chi connectivity index (χ3v) is 10.4. The number of hydrogen-bond acceptors (Lipinski definition) is 10. The molecule has 2 N–H and O–H groups in total. The Morgan fingerprint density at radius 2 is 1.69 bits per heavy atom. The third kappa shape index (κ3) is 8.37. The third-order valence-electron chi connectivity index (χ3n) is 9.30. The Hall–Kier alpha value is -6.60. The lowest BCUT2D eigenvalue weighted by Crippen LogP contribution is -2.30. The molecule has 304 valence electrons. The Labute approximate surface area is 338 Å². The number of fused-ring (bicyclic) bond motifs is 2. The molecule has 7 aromatic rings. The second-order valence-corrected chi connectivity index (χ2v) is 14.4. The number of methoxy groups -OCH3 is 1. The van der Waals surface area contributed by atoms with E-state index in [0.29, 0.717) is 11.8 Å². The van der Waals surface area contributed by atoms with E-state index in [1.807, 2.05) is 0 Å². The van der Waals surface area contributed by atoms with E-state index < -0.39 is 58.8 Å². The number of thiol groups is 1. The Balaban J connectivity index is 1.45. The SMILES string of the molecule is COc1ccc(CCN(c2nn(C)c3c(-n4c(C(Cc5cc(F)cc(F)c5)OC(N)=O)nc5cc(-c6nccc(C(F)F)n6)ccc5c4=O)ccc(Cl)c23)[SH](=O)=O)cc1. The van der Waals surface area contributed by atoms with Crippen LogP contribution in [0.15, 0.2) is 89.9 Å². The van der Waals surface area contributed by atoms with Crippen molar-refractivity contribution in [2.75, 3.05) is 18.0 Å². The van der Waals surface area contributed by atoms with E-state index in [4.69, 9.17) is 31.8 Å². The average Bonchev–Trinajstić information content (AvgIpc) is 3.54. The number of carbonyl (C=O) groups excluding carboxylic acids is 1. The lowest BCUT2D eigenvalue weighted by atomic mass is 10.1. The summed E-state index contributed by atoms with van der Waals surface area (Å²) in [5, 5.41) is 4.70. The summed E-state index contributed by atoms with van der Waals surface area (Å²) in [6.07, 6.45) is -4.84. The molecular formula is C39H31ClF4N8O6S. The molecule has 59 heavy (non-hydrogen) atoms. The molecule has 7 rings (SSSR count). The van der Waals surface area contributed by atoms with Crippen molar-refractivity contribution in [2.45, 2.75) is 25.4 Å². The summed E-state index contributed by atoms with van der Waals surface area (Å²) in [7, 11) is -0.270. The van der Waals surface area contributed by atoms with Gasteiger partial charge in [-0.3, -0.25) is 18.3 Å². The normalized spacial score (nSPS) is 12.1. The zero-order valence-electron chi connectivity index (χ0n) is 30.9. The average molecular weight is 851 g/mol. The fourth-order valence-electron chi connectivity index (χ4n) is 6.68. The summed E-state index contributed by atoms with van der Waals surface area (Å²) in [6.45, 7) is -0.0502. The summed E-state index contributed by atoms with van der Waals surface area (Å²) in [6, 6.07) is 17.8. The number of ether oxygens (including phenoxy) is 2. The fourth-order valence-corrected chi connectivity index (χ4v) is 7.48. The van der Waals surface area contributed by atoms with Crippen LogP contribution in [-0.2, 0) is 35.5 Å². The number of anilines is 1. The van der Waals surface area contributed by atoms with Gasteiger partial charge < -0.3 is 15.2 Å². The molecule has 0 fully saturated rings. The van der Waals surface area contributed by atoms with E-state index in [0.717, 1.165) is 38.8 Å². The van der Waals surface area contributed by atoms with Gasteiger partial charge in [0.1, 0.15) is 23.1 Å². The molecule has 0 spiro atoms. The van der Waals surface area contributed by atoms with Crippen molar-refractivity contribution in [2.24, 2.45) is 12.8 Å².